The molecular weight excluding hydrogens is 651 g/mol. The number of aliphatic carboxylic acids is 1. The number of phenolic OH excluding ortho intramolecular Hbond substituents is 2. The smallest absolute Gasteiger partial charge is 0.474 e. The zero-order valence-corrected chi connectivity index (χ0v) is 24.8. The van der Waals surface area contributed by atoms with Crippen molar-refractivity contribution in [2.45, 2.75) is 56.3 Å². The molecule has 5 rings (SSSR count). The van der Waals surface area contributed by atoms with Crippen molar-refractivity contribution in [1.82, 2.24) is 5.48 Å². The highest BCUT2D eigenvalue weighted by Crippen LogP contribution is 2.50. The molecule has 1 saturated heterocycles. The number of alkyl halides is 3. The average Bonchev–Trinajstić information content (AvgIpc) is 3.08. The summed E-state index contributed by atoms with van der Waals surface area (Å²) < 4.78 is 50.8. The van der Waals surface area contributed by atoms with Gasteiger partial charge in [-0.15, -0.1) is 0 Å². The summed E-state index contributed by atoms with van der Waals surface area (Å²) >= 11 is 0. The maximum Gasteiger partial charge on any atom is 0.474 e. The van der Waals surface area contributed by atoms with Crippen LogP contribution in [0.3, 0.4) is 0 Å². The van der Waals surface area contributed by atoms with Crippen molar-refractivity contribution in [3.8, 4) is 23.0 Å². The Bertz CT molecular complexity index is 1840. The number of carboxylic acid groups (broad SMARTS) is 1. The molecule has 4 atom stereocenters. The second-order valence-corrected chi connectivity index (χ2v) is 11.2. The van der Waals surface area contributed by atoms with Gasteiger partial charge in [-0.3, -0.25) is 19.2 Å². The number of hydrogen-bond donors (Lipinski definition) is 7. The van der Waals surface area contributed by atoms with Gasteiger partial charge in [0.05, 0.1) is 66.6 Å². The predicted octanol–water partition coefficient (Wildman–Crippen LogP) is 1.96. The van der Waals surface area contributed by atoms with Gasteiger partial charge in [0.2, 0.25) is 5.78 Å². The number of ketones is 2. The number of phenols is 2. The summed E-state index contributed by atoms with van der Waals surface area (Å²) in [7, 11) is 1.22. The van der Waals surface area contributed by atoms with E-state index in [4.69, 9.17) is 14.3 Å². The third-order valence-corrected chi connectivity index (χ3v) is 8.13. The van der Waals surface area contributed by atoms with Crippen LogP contribution in [0.25, 0.3) is 10.8 Å². The van der Waals surface area contributed by atoms with Crippen LogP contribution < -0.4 is 15.1 Å². The molecule has 1 fully saturated rings. The second-order valence-electron chi connectivity index (χ2n) is 11.2. The topological polar surface area (TPSA) is 229 Å². The average molecular weight is 680 g/mol. The van der Waals surface area contributed by atoms with Crippen LogP contribution >= 0.6 is 0 Å². The maximum absolute atomic E-state index is 14.3. The van der Waals surface area contributed by atoms with Gasteiger partial charge >= 0.3 is 18.1 Å². The zero-order chi connectivity index (χ0) is 35.2. The third-order valence-electron chi connectivity index (χ3n) is 8.13. The van der Waals surface area contributed by atoms with Crippen LogP contribution in [0.5, 0.6) is 23.0 Å². The summed E-state index contributed by atoms with van der Waals surface area (Å²) in [6.45, 7) is -0.553. The van der Waals surface area contributed by atoms with E-state index in [1.165, 1.54) is 25.3 Å². The molecule has 3 aromatic rings. The van der Waals surface area contributed by atoms with Gasteiger partial charge in [0.15, 0.2) is 11.5 Å². The first-order valence-corrected chi connectivity index (χ1v) is 14.3. The van der Waals surface area contributed by atoms with Crippen molar-refractivity contribution in [2.24, 2.45) is 0 Å². The Hall–Kier alpha value is -4.97. The molecule has 1 aliphatic heterocycles. The Balaban J connectivity index is 1.82. The first-order chi connectivity index (χ1) is 22.6. The van der Waals surface area contributed by atoms with E-state index in [-0.39, 0.29) is 41.3 Å². The molecule has 256 valence electrons. The lowest BCUT2D eigenvalue weighted by Gasteiger charge is -2.29. The minimum absolute atomic E-state index is 0.0288. The Kier molecular flexibility index (Phi) is 9.24. The summed E-state index contributed by atoms with van der Waals surface area (Å²) in [5.74, 6) is -9.21. The minimum Gasteiger partial charge on any atom is -0.506 e. The number of fused-ring (bicyclic) bond motifs is 3. The van der Waals surface area contributed by atoms with Crippen LogP contribution in [0, 0.1) is 0 Å². The van der Waals surface area contributed by atoms with E-state index >= 15 is 0 Å². The summed E-state index contributed by atoms with van der Waals surface area (Å²) in [5.41, 5.74) is -2.62. The second kappa shape index (κ2) is 12.9. The fourth-order valence-electron chi connectivity index (χ4n) is 5.95. The van der Waals surface area contributed by atoms with Crippen molar-refractivity contribution in [2.75, 3.05) is 13.7 Å². The highest BCUT2D eigenvalue weighted by molar-refractivity contribution is 6.33. The van der Waals surface area contributed by atoms with Gasteiger partial charge in [0.1, 0.15) is 17.2 Å². The number of carbonyl (C=O) groups excluding carboxylic acids is 3. The van der Waals surface area contributed by atoms with Crippen LogP contribution in [0.4, 0.5) is 13.2 Å². The number of nitrogens with one attached hydrogen (secondary N) is 1. The molecule has 0 unspecified atom stereocenters. The standard InChI is InChI=1S/C31H28F3NO13/c1-46-17-4-2-3-13-21(17)27(43)24-23(25(13)41)26(42)14-7-11(8-19(39)40)20(18-6-5-15(37)16(38)9-12(36)10-47-18)29(22(14)28(24)44)48-35-30(45)31(32,33)34/h2-4,7,12,15-16,18,36-38,41,43H,5-6,8-10H2,1H3,(H,35,45)(H,39,40)/t12-,15+,16-,18+/m1/s1. The van der Waals surface area contributed by atoms with Gasteiger partial charge in [0.25, 0.3) is 0 Å². The van der Waals surface area contributed by atoms with Crippen molar-refractivity contribution in [3.63, 3.8) is 0 Å². The van der Waals surface area contributed by atoms with E-state index in [1.807, 2.05) is 0 Å². The van der Waals surface area contributed by atoms with Crippen molar-refractivity contribution >= 4 is 34.2 Å². The van der Waals surface area contributed by atoms with Gasteiger partial charge in [-0.05, 0) is 30.5 Å². The van der Waals surface area contributed by atoms with Crippen molar-refractivity contribution < 1.29 is 77.3 Å². The van der Waals surface area contributed by atoms with Crippen LogP contribution in [-0.4, -0.2) is 92.3 Å². The molecule has 7 N–H and O–H groups in total. The lowest BCUT2D eigenvalue weighted by Crippen LogP contribution is -2.40. The number of carbonyl (C=O) groups is 4. The molecule has 3 aromatic carbocycles. The number of hydrogen-bond acceptors (Lipinski definition) is 12. The largest absolute Gasteiger partial charge is 0.506 e. The van der Waals surface area contributed by atoms with E-state index in [1.54, 1.807) is 0 Å². The van der Waals surface area contributed by atoms with Crippen LogP contribution in [0.1, 0.15) is 68.3 Å². The Morgan fingerprint density at radius 3 is 2.33 bits per heavy atom. The summed E-state index contributed by atoms with van der Waals surface area (Å²) in [6, 6.07) is 5.05. The molecule has 14 nitrogen and oxygen atoms in total. The number of ether oxygens (including phenoxy) is 2. The SMILES string of the molecule is COc1cccc2c(O)c3c(c(O)c12)C(=O)c1c(cc(CC(=O)O)c([C@@H]2CC[C@H](O)[C@H](O)C[C@@H](O)CO2)c1ONC(=O)C(F)(F)F)C3=O. The molecule has 0 aromatic heterocycles. The number of methoxy groups -OCH3 is 1. The molecule has 48 heavy (non-hydrogen) atoms. The van der Waals surface area contributed by atoms with E-state index in [2.05, 4.69) is 0 Å². The fourth-order valence-corrected chi connectivity index (χ4v) is 5.95. The number of rotatable bonds is 6. The van der Waals surface area contributed by atoms with Crippen LogP contribution in [-0.2, 0) is 20.7 Å². The van der Waals surface area contributed by atoms with Crippen molar-refractivity contribution in [1.29, 1.82) is 0 Å². The fraction of sp³-hybridized carbons (Fsp3) is 0.355. The highest BCUT2D eigenvalue weighted by atomic mass is 19.4. The number of amides is 1. The van der Waals surface area contributed by atoms with Gasteiger partial charge in [-0.1, -0.05) is 12.1 Å². The van der Waals surface area contributed by atoms with Gasteiger partial charge in [-0.2, -0.15) is 18.7 Å². The molecule has 1 amide bonds. The van der Waals surface area contributed by atoms with Crippen LogP contribution in [0.2, 0.25) is 0 Å². The summed E-state index contributed by atoms with van der Waals surface area (Å²) in [5, 5.41) is 62.9. The molecule has 0 bridgehead atoms. The third kappa shape index (κ3) is 6.08. The molecule has 1 heterocycles. The van der Waals surface area contributed by atoms with E-state index < -0.39 is 112 Å². The molecular formula is C31H28F3NO13. The van der Waals surface area contributed by atoms with Crippen molar-refractivity contribution in [3.05, 3.63) is 57.6 Å². The molecule has 1 aliphatic carbocycles. The number of hydroxylamine groups is 1. The highest BCUT2D eigenvalue weighted by Gasteiger charge is 2.44. The van der Waals surface area contributed by atoms with Gasteiger partial charge in [-0.25, -0.2) is 0 Å². The lowest BCUT2D eigenvalue weighted by atomic mass is 9.78. The number of aliphatic hydroxyl groups excluding tert-OH is 3. The first-order valence-electron chi connectivity index (χ1n) is 14.3. The van der Waals surface area contributed by atoms with E-state index in [0.29, 0.717) is 0 Å². The Morgan fingerprint density at radius 1 is 1.00 bits per heavy atom. The van der Waals surface area contributed by atoms with E-state index in [0.717, 1.165) is 11.5 Å². The summed E-state index contributed by atoms with van der Waals surface area (Å²) in [6.07, 6.45) is -13.1. The summed E-state index contributed by atoms with van der Waals surface area (Å²) in [4.78, 5) is 57.3. The number of aromatic hydroxyl groups is 2. The number of halogens is 3. The van der Waals surface area contributed by atoms with Gasteiger partial charge in [0, 0.05) is 22.9 Å². The molecule has 0 spiro atoms. The number of aliphatic hydroxyl groups is 3. The zero-order valence-electron chi connectivity index (χ0n) is 24.8. The molecule has 2 aliphatic rings. The molecule has 0 radical (unpaired) electrons. The van der Waals surface area contributed by atoms with Gasteiger partial charge < -0.3 is 45.0 Å². The molecule has 17 heteroatoms. The molecule has 0 saturated carbocycles. The normalized spacial score (nSPS) is 21.4. The quantitative estimate of drug-likeness (QED) is 0.114. The first kappa shape index (κ1) is 34.4. The monoisotopic (exact) mass is 679 g/mol. The Morgan fingerprint density at radius 2 is 1.69 bits per heavy atom. The van der Waals surface area contributed by atoms with E-state index in [9.17, 15) is 63.0 Å². The Labute approximate surface area is 267 Å². The maximum atomic E-state index is 14.3. The number of carboxylic acids is 1. The minimum atomic E-state index is -5.51. The number of benzene rings is 3. The predicted molar refractivity (Wildman–Crippen MR) is 154 cm³/mol. The van der Waals surface area contributed by atoms with Crippen LogP contribution in [0.15, 0.2) is 24.3 Å². The lowest BCUT2D eigenvalue weighted by molar-refractivity contribution is -0.180.